The quantitative estimate of drug-likeness (QED) is 0.651. The second kappa shape index (κ2) is 3.61. The minimum Gasteiger partial charge on any atom is -0.390 e. The number of aliphatic hydroxyl groups is 1. The third-order valence-corrected chi connectivity index (χ3v) is 3.81. The molecule has 0 aromatic carbocycles. The average Bonchev–Trinajstić information content (AvgIpc) is 2.84. The summed E-state index contributed by atoms with van der Waals surface area (Å²) in [6.07, 6.45) is 9.77. The van der Waals surface area contributed by atoms with Crippen LogP contribution in [0.2, 0.25) is 0 Å². The second-order valence-corrected chi connectivity index (χ2v) is 5.41. The van der Waals surface area contributed by atoms with Crippen molar-refractivity contribution in [3.63, 3.8) is 0 Å². The molecule has 0 spiro atoms. The van der Waals surface area contributed by atoms with Crippen LogP contribution in [0.4, 0.5) is 0 Å². The normalized spacial score (nSPS) is 41.5. The maximum atomic E-state index is 10.4. The number of rotatable bonds is 2. The molecule has 2 aliphatic carbocycles. The van der Waals surface area contributed by atoms with Gasteiger partial charge in [0.15, 0.2) is 0 Å². The molecule has 1 nitrogen and oxygen atoms in total. The Labute approximate surface area is 81.5 Å². The van der Waals surface area contributed by atoms with Crippen LogP contribution in [0.15, 0.2) is 0 Å². The van der Waals surface area contributed by atoms with E-state index in [4.69, 9.17) is 0 Å². The molecule has 0 saturated heterocycles. The van der Waals surface area contributed by atoms with Crippen LogP contribution < -0.4 is 0 Å². The van der Waals surface area contributed by atoms with Crippen molar-refractivity contribution in [2.45, 2.75) is 63.9 Å². The number of hydrogen-bond donors (Lipinski definition) is 1. The molecule has 0 aromatic heterocycles. The fraction of sp³-hybridized carbons (Fsp3) is 1.00. The van der Waals surface area contributed by atoms with Gasteiger partial charge in [-0.3, -0.25) is 0 Å². The highest BCUT2D eigenvalue weighted by Gasteiger charge is 2.36. The van der Waals surface area contributed by atoms with Crippen LogP contribution >= 0.6 is 0 Å². The van der Waals surface area contributed by atoms with Crippen LogP contribution in [-0.4, -0.2) is 10.7 Å². The third-order valence-electron chi connectivity index (χ3n) is 3.81. The minimum absolute atomic E-state index is 0.272. The van der Waals surface area contributed by atoms with Crippen molar-refractivity contribution in [2.75, 3.05) is 0 Å². The van der Waals surface area contributed by atoms with Gasteiger partial charge < -0.3 is 5.11 Å². The van der Waals surface area contributed by atoms with E-state index in [2.05, 4.69) is 6.92 Å². The third kappa shape index (κ3) is 2.70. The summed E-state index contributed by atoms with van der Waals surface area (Å²) < 4.78 is 0. The van der Waals surface area contributed by atoms with Gasteiger partial charge in [0.2, 0.25) is 0 Å². The summed E-state index contributed by atoms with van der Waals surface area (Å²) in [4.78, 5) is 0. The van der Waals surface area contributed by atoms with E-state index in [9.17, 15) is 5.11 Å². The average molecular weight is 182 g/mol. The van der Waals surface area contributed by atoms with Crippen molar-refractivity contribution in [3.05, 3.63) is 0 Å². The molecule has 2 saturated carbocycles. The zero-order valence-corrected chi connectivity index (χ0v) is 8.76. The Bertz CT molecular complexity index is 174. The van der Waals surface area contributed by atoms with Gasteiger partial charge in [-0.15, -0.1) is 0 Å². The van der Waals surface area contributed by atoms with E-state index in [-0.39, 0.29) is 5.60 Å². The lowest BCUT2D eigenvalue weighted by atomic mass is 9.88. The summed E-state index contributed by atoms with van der Waals surface area (Å²) in [5.41, 5.74) is -0.272. The first kappa shape index (κ1) is 9.51. The van der Waals surface area contributed by atoms with Gasteiger partial charge in [0.05, 0.1) is 5.60 Å². The standard InChI is InChI=1S/C12H22O/c1-10-3-2-7-12(13,8-6-10)9-11-4-5-11/h10-11,13H,2-9H2,1H3. The SMILES string of the molecule is CC1CCCC(O)(CC2CC2)CC1. The molecule has 0 amide bonds. The van der Waals surface area contributed by atoms with Crippen molar-refractivity contribution < 1.29 is 5.11 Å². The molecule has 0 aromatic rings. The van der Waals surface area contributed by atoms with E-state index in [1.165, 1.54) is 32.1 Å². The molecule has 2 atom stereocenters. The lowest BCUT2D eigenvalue weighted by molar-refractivity contribution is 0.0104. The van der Waals surface area contributed by atoms with Gasteiger partial charge in [-0.1, -0.05) is 32.6 Å². The van der Waals surface area contributed by atoms with Crippen molar-refractivity contribution in [1.82, 2.24) is 0 Å². The Morgan fingerprint density at radius 3 is 2.62 bits per heavy atom. The second-order valence-electron chi connectivity index (χ2n) is 5.41. The predicted octanol–water partition coefficient (Wildman–Crippen LogP) is 3.12. The van der Waals surface area contributed by atoms with Gasteiger partial charge >= 0.3 is 0 Å². The van der Waals surface area contributed by atoms with Crippen molar-refractivity contribution in [1.29, 1.82) is 0 Å². The van der Waals surface area contributed by atoms with Gasteiger partial charge in [0, 0.05) is 0 Å². The van der Waals surface area contributed by atoms with E-state index in [0.717, 1.165) is 31.1 Å². The Kier molecular flexibility index (Phi) is 2.64. The van der Waals surface area contributed by atoms with Crippen LogP contribution in [-0.2, 0) is 0 Å². The maximum absolute atomic E-state index is 10.4. The molecule has 0 aliphatic heterocycles. The smallest absolute Gasteiger partial charge is 0.0650 e. The van der Waals surface area contributed by atoms with Gasteiger partial charge in [0.25, 0.3) is 0 Å². The zero-order valence-electron chi connectivity index (χ0n) is 8.76. The fourth-order valence-corrected chi connectivity index (χ4v) is 2.63. The van der Waals surface area contributed by atoms with Crippen molar-refractivity contribution >= 4 is 0 Å². The lowest BCUT2D eigenvalue weighted by Gasteiger charge is -2.26. The van der Waals surface area contributed by atoms with E-state index >= 15 is 0 Å². The molecule has 1 N–H and O–H groups in total. The van der Waals surface area contributed by atoms with Crippen LogP contribution in [0.3, 0.4) is 0 Å². The minimum atomic E-state index is -0.272. The summed E-state index contributed by atoms with van der Waals surface area (Å²) in [5.74, 6) is 1.71. The number of hydrogen-bond acceptors (Lipinski definition) is 1. The summed E-state index contributed by atoms with van der Waals surface area (Å²) in [6, 6.07) is 0. The summed E-state index contributed by atoms with van der Waals surface area (Å²) in [7, 11) is 0. The van der Waals surface area contributed by atoms with Crippen LogP contribution in [0.25, 0.3) is 0 Å². The monoisotopic (exact) mass is 182 g/mol. The topological polar surface area (TPSA) is 20.2 Å². The fourth-order valence-electron chi connectivity index (χ4n) is 2.63. The largest absolute Gasteiger partial charge is 0.390 e. The maximum Gasteiger partial charge on any atom is 0.0650 e. The van der Waals surface area contributed by atoms with E-state index in [1.54, 1.807) is 0 Å². The summed E-state index contributed by atoms with van der Waals surface area (Å²) >= 11 is 0. The van der Waals surface area contributed by atoms with Gasteiger partial charge in [0.1, 0.15) is 0 Å². The van der Waals surface area contributed by atoms with Crippen molar-refractivity contribution in [2.24, 2.45) is 11.8 Å². The molecular formula is C12H22O. The van der Waals surface area contributed by atoms with Crippen LogP contribution in [0, 0.1) is 11.8 Å². The highest BCUT2D eigenvalue weighted by atomic mass is 16.3. The van der Waals surface area contributed by atoms with E-state index in [0.29, 0.717) is 0 Å². The molecule has 2 aliphatic rings. The molecule has 76 valence electrons. The summed E-state index contributed by atoms with van der Waals surface area (Å²) in [6.45, 7) is 2.32. The first-order chi connectivity index (χ1) is 6.18. The molecule has 0 bridgehead atoms. The molecule has 1 heteroatoms. The first-order valence-corrected chi connectivity index (χ1v) is 5.90. The molecule has 0 radical (unpaired) electrons. The van der Waals surface area contributed by atoms with Gasteiger partial charge in [-0.25, -0.2) is 0 Å². The molecule has 0 heterocycles. The molecule has 2 unspecified atom stereocenters. The summed E-state index contributed by atoms with van der Waals surface area (Å²) in [5, 5.41) is 10.4. The highest BCUT2D eigenvalue weighted by molar-refractivity contribution is 4.88. The van der Waals surface area contributed by atoms with Gasteiger partial charge in [-0.05, 0) is 37.5 Å². The zero-order chi connectivity index (χ0) is 9.31. The molecule has 2 rings (SSSR count). The van der Waals surface area contributed by atoms with Crippen LogP contribution in [0.5, 0.6) is 0 Å². The van der Waals surface area contributed by atoms with Gasteiger partial charge in [-0.2, -0.15) is 0 Å². The Morgan fingerprint density at radius 2 is 1.92 bits per heavy atom. The Hall–Kier alpha value is -0.0400. The van der Waals surface area contributed by atoms with Crippen LogP contribution in [0.1, 0.15) is 58.3 Å². The first-order valence-electron chi connectivity index (χ1n) is 5.90. The predicted molar refractivity (Wildman–Crippen MR) is 54.5 cm³/mol. The van der Waals surface area contributed by atoms with E-state index in [1.807, 2.05) is 0 Å². The van der Waals surface area contributed by atoms with Crippen molar-refractivity contribution in [3.8, 4) is 0 Å². The molecule has 13 heavy (non-hydrogen) atoms. The Morgan fingerprint density at radius 1 is 1.15 bits per heavy atom. The lowest BCUT2D eigenvalue weighted by Crippen LogP contribution is -2.28. The molecule has 2 fully saturated rings. The molecular weight excluding hydrogens is 160 g/mol. The van der Waals surface area contributed by atoms with E-state index < -0.39 is 0 Å². The Balaban J connectivity index is 1.87. The highest BCUT2D eigenvalue weighted by Crippen LogP contribution is 2.42.